The number of guanidine groups is 1. The molecule has 0 aromatic heterocycles. The summed E-state index contributed by atoms with van der Waals surface area (Å²) in [6, 6.07) is 8.24. The molecule has 1 aliphatic rings. The highest BCUT2D eigenvalue weighted by atomic mass is 127. The Balaban J connectivity index is 0.00000200. The van der Waals surface area contributed by atoms with Gasteiger partial charge in [0, 0.05) is 24.1 Å². The number of fused-ring (bicyclic) bond motifs is 1. The lowest BCUT2D eigenvalue weighted by Crippen LogP contribution is -2.41. The molecule has 1 aromatic carbocycles. The van der Waals surface area contributed by atoms with Crippen molar-refractivity contribution in [3.05, 3.63) is 41.4 Å². The van der Waals surface area contributed by atoms with Crippen molar-refractivity contribution in [3.63, 3.8) is 0 Å². The highest BCUT2D eigenvalue weighted by Crippen LogP contribution is 2.31. The molecular formula is C14H19ClIN3O. The Morgan fingerprint density at radius 3 is 2.95 bits per heavy atom. The monoisotopic (exact) mass is 407 g/mol. The fraction of sp³-hybridized carbons (Fsp3) is 0.357. The Morgan fingerprint density at radius 2 is 2.25 bits per heavy atom. The van der Waals surface area contributed by atoms with E-state index < -0.39 is 0 Å². The van der Waals surface area contributed by atoms with E-state index in [1.54, 1.807) is 7.05 Å². The van der Waals surface area contributed by atoms with Crippen molar-refractivity contribution in [1.82, 2.24) is 10.6 Å². The molecule has 4 nitrogen and oxygen atoms in total. The van der Waals surface area contributed by atoms with Gasteiger partial charge >= 0.3 is 0 Å². The predicted octanol–water partition coefficient (Wildman–Crippen LogP) is 3.05. The van der Waals surface area contributed by atoms with Crippen LogP contribution in [0.4, 0.5) is 0 Å². The molecule has 2 N–H and O–H groups in total. The lowest BCUT2D eigenvalue weighted by atomic mass is 10.0. The van der Waals surface area contributed by atoms with Crippen LogP contribution in [-0.4, -0.2) is 26.2 Å². The highest BCUT2D eigenvalue weighted by molar-refractivity contribution is 14.0. The number of nitrogens with one attached hydrogen (secondary N) is 2. The second-order valence-corrected chi connectivity index (χ2v) is 4.85. The minimum atomic E-state index is 0. The van der Waals surface area contributed by atoms with Crippen LogP contribution in [0.15, 0.2) is 40.9 Å². The lowest BCUT2D eigenvalue weighted by molar-refractivity contribution is 0.261. The maximum Gasteiger partial charge on any atom is 0.191 e. The first kappa shape index (κ1) is 17.1. The standard InChI is InChI=1S/C14H18ClN3O.HI/c1-10(15)9-17-14(16-2)18-12-7-8-19-13-6-4-3-5-11(12)13;/h3-6,12H,1,7-9H2,2H3,(H2,16,17,18);1H. The van der Waals surface area contributed by atoms with Gasteiger partial charge in [-0.3, -0.25) is 4.99 Å². The smallest absolute Gasteiger partial charge is 0.191 e. The van der Waals surface area contributed by atoms with Crippen molar-refractivity contribution < 1.29 is 4.74 Å². The van der Waals surface area contributed by atoms with Gasteiger partial charge in [-0.1, -0.05) is 36.4 Å². The van der Waals surface area contributed by atoms with Gasteiger partial charge in [0.1, 0.15) is 5.75 Å². The number of aliphatic imine (C=N–C) groups is 1. The van der Waals surface area contributed by atoms with Crippen molar-refractivity contribution in [2.45, 2.75) is 12.5 Å². The van der Waals surface area contributed by atoms with Crippen LogP contribution in [0.1, 0.15) is 18.0 Å². The summed E-state index contributed by atoms with van der Waals surface area (Å²) in [7, 11) is 1.73. The van der Waals surface area contributed by atoms with Gasteiger partial charge in [-0.05, 0) is 6.07 Å². The normalized spacial score (nSPS) is 17.3. The predicted molar refractivity (Wildman–Crippen MR) is 94.2 cm³/mol. The Labute approximate surface area is 141 Å². The summed E-state index contributed by atoms with van der Waals surface area (Å²) in [6.07, 6.45) is 0.902. The van der Waals surface area contributed by atoms with Crippen LogP contribution >= 0.6 is 35.6 Å². The SMILES string of the molecule is C=C(Cl)CNC(=NC)NC1CCOc2ccccc21.I. The Bertz CT molecular complexity index is 493. The van der Waals surface area contributed by atoms with Crippen molar-refractivity contribution in [1.29, 1.82) is 0 Å². The molecule has 0 radical (unpaired) electrons. The number of ether oxygens (including phenoxy) is 1. The summed E-state index contributed by atoms with van der Waals surface area (Å²) >= 11 is 5.74. The second-order valence-electron chi connectivity index (χ2n) is 4.31. The van der Waals surface area contributed by atoms with Crippen molar-refractivity contribution in [3.8, 4) is 5.75 Å². The van der Waals surface area contributed by atoms with Crippen molar-refractivity contribution >= 4 is 41.5 Å². The van der Waals surface area contributed by atoms with Crippen LogP contribution in [0, 0.1) is 0 Å². The third kappa shape index (κ3) is 4.56. The van der Waals surface area contributed by atoms with Crippen LogP contribution in [0.3, 0.4) is 0 Å². The van der Waals surface area contributed by atoms with Gasteiger partial charge < -0.3 is 15.4 Å². The van der Waals surface area contributed by atoms with Gasteiger partial charge in [0.05, 0.1) is 19.2 Å². The van der Waals surface area contributed by atoms with Crippen LogP contribution in [0.25, 0.3) is 0 Å². The molecule has 1 unspecified atom stereocenters. The van der Waals surface area contributed by atoms with Gasteiger partial charge in [-0.2, -0.15) is 0 Å². The molecule has 110 valence electrons. The van der Waals surface area contributed by atoms with Crippen molar-refractivity contribution in [2.24, 2.45) is 4.99 Å². The molecule has 1 heterocycles. The summed E-state index contributed by atoms with van der Waals surface area (Å²) in [5.41, 5.74) is 1.15. The van der Waals surface area contributed by atoms with E-state index in [-0.39, 0.29) is 30.0 Å². The second kappa shape index (κ2) is 8.36. The van der Waals surface area contributed by atoms with E-state index >= 15 is 0 Å². The average molecular weight is 408 g/mol. The van der Waals surface area contributed by atoms with Gasteiger partial charge in [-0.25, -0.2) is 0 Å². The van der Waals surface area contributed by atoms with Crippen LogP contribution in [0.2, 0.25) is 0 Å². The molecule has 6 heteroatoms. The molecule has 1 atom stereocenters. The average Bonchev–Trinajstić information content (AvgIpc) is 2.43. The third-order valence-corrected chi connectivity index (χ3v) is 3.07. The fourth-order valence-corrected chi connectivity index (χ4v) is 2.10. The molecule has 0 saturated heterocycles. The first-order valence-electron chi connectivity index (χ1n) is 6.23. The summed E-state index contributed by atoms with van der Waals surface area (Å²) in [5, 5.41) is 7.04. The zero-order valence-corrected chi connectivity index (χ0v) is 14.4. The largest absolute Gasteiger partial charge is 0.493 e. The van der Waals surface area contributed by atoms with Gasteiger partial charge in [0.15, 0.2) is 5.96 Å². The molecule has 20 heavy (non-hydrogen) atoms. The van der Waals surface area contributed by atoms with E-state index in [0.717, 1.165) is 17.7 Å². The lowest BCUT2D eigenvalue weighted by Gasteiger charge is -2.28. The van der Waals surface area contributed by atoms with E-state index in [9.17, 15) is 0 Å². The van der Waals surface area contributed by atoms with E-state index in [1.165, 1.54) is 0 Å². The molecule has 0 bridgehead atoms. The first-order chi connectivity index (χ1) is 9.20. The molecule has 2 rings (SSSR count). The molecular weight excluding hydrogens is 389 g/mol. The maximum absolute atomic E-state index is 5.74. The Kier molecular flexibility index (Phi) is 7.15. The topological polar surface area (TPSA) is 45.7 Å². The quantitative estimate of drug-likeness (QED) is 0.460. The van der Waals surface area contributed by atoms with Gasteiger partial charge in [-0.15, -0.1) is 24.0 Å². The van der Waals surface area contributed by atoms with E-state index in [1.807, 2.05) is 18.2 Å². The van der Waals surface area contributed by atoms with Gasteiger partial charge in [0.25, 0.3) is 0 Å². The third-order valence-electron chi connectivity index (χ3n) is 2.94. The van der Waals surface area contributed by atoms with Gasteiger partial charge in [0.2, 0.25) is 0 Å². The summed E-state index contributed by atoms with van der Waals surface area (Å²) < 4.78 is 5.63. The number of hydrogen-bond donors (Lipinski definition) is 2. The Hall–Kier alpha value is -0.950. The fourth-order valence-electron chi connectivity index (χ4n) is 2.03. The highest BCUT2D eigenvalue weighted by Gasteiger charge is 2.21. The van der Waals surface area contributed by atoms with Crippen molar-refractivity contribution in [2.75, 3.05) is 20.2 Å². The molecule has 1 aromatic rings. The first-order valence-corrected chi connectivity index (χ1v) is 6.60. The zero-order chi connectivity index (χ0) is 13.7. The summed E-state index contributed by atoms with van der Waals surface area (Å²) in [5.74, 6) is 1.65. The Morgan fingerprint density at radius 1 is 1.50 bits per heavy atom. The summed E-state index contributed by atoms with van der Waals surface area (Å²) in [4.78, 5) is 4.18. The number of para-hydroxylation sites is 1. The number of halogens is 2. The molecule has 0 amide bonds. The van der Waals surface area contributed by atoms with Crippen LogP contribution < -0.4 is 15.4 Å². The maximum atomic E-state index is 5.74. The number of hydrogen-bond acceptors (Lipinski definition) is 2. The van der Waals surface area contributed by atoms with Crippen LogP contribution in [-0.2, 0) is 0 Å². The minimum Gasteiger partial charge on any atom is -0.493 e. The molecule has 1 aliphatic heterocycles. The van der Waals surface area contributed by atoms with E-state index in [4.69, 9.17) is 16.3 Å². The summed E-state index contributed by atoms with van der Waals surface area (Å²) in [6.45, 7) is 4.84. The number of nitrogens with zero attached hydrogens (tertiary/aromatic N) is 1. The molecule has 0 saturated carbocycles. The minimum absolute atomic E-state index is 0. The molecule has 0 fully saturated rings. The zero-order valence-electron chi connectivity index (χ0n) is 11.4. The molecule has 0 spiro atoms. The van der Waals surface area contributed by atoms with Crippen LogP contribution in [0.5, 0.6) is 5.75 Å². The van der Waals surface area contributed by atoms with E-state index in [2.05, 4.69) is 28.3 Å². The number of benzene rings is 1. The number of rotatable bonds is 3. The van der Waals surface area contributed by atoms with E-state index in [0.29, 0.717) is 24.1 Å². The molecule has 0 aliphatic carbocycles.